The number of ether oxygens (including phenoxy) is 1. The van der Waals surface area contributed by atoms with Crippen molar-refractivity contribution in [2.75, 3.05) is 0 Å². The van der Waals surface area contributed by atoms with Gasteiger partial charge in [-0.25, -0.2) is 9.97 Å². The van der Waals surface area contributed by atoms with E-state index in [4.69, 9.17) is 14.7 Å². The van der Waals surface area contributed by atoms with Gasteiger partial charge < -0.3 is 9.30 Å². The molecule has 0 N–H and O–H groups in total. The molecule has 5 heteroatoms. The molecular weight excluding hydrogens is 595 g/mol. The van der Waals surface area contributed by atoms with Crippen LogP contribution in [0.15, 0.2) is 140 Å². The standard InChI is InChI=1S/C42H23N3OS/c1-2-11-27-26(10-1)36-28-12-3-6-16-32(28)45(40(36)41-37(27)30-14-5-8-19-35(30)47-41)25-22-20-24(21-23-25)42-43-31-15-9-18-34-38(31)39(44-42)29-13-4-7-17-33(29)46-34/h1-23H. The summed E-state index contributed by atoms with van der Waals surface area (Å²) >= 11 is 1.89. The zero-order valence-electron chi connectivity index (χ0n) is 24.9. The number of benzene rings is 7. The zero-order valence-corrected chi connectivity index (χ0v) is 25.8. The first kappa shape index (κ1) is 25.2. The molecule has 1 aliphatic heterocycles. The number of aromatic nitrogens is 3. The first-order valence-corrected chi connectivity index (χ1v) is 16.6. The van der Waals surface area contributed by atoms with Gasteiger partial charge in [-0.2, -0.15) is 0 Å². The highest BCUT2D eigenvalue weighted by molar-refractivity contribution is 7.27. The Morgan fingerprint density at radius 2 is 1.23 bits per heavy atom. The van der Waals surface area contributed by atoms with E-state index in [9.17, 15) is 0 Å². The van der Waals surface area contributed by atoms with Gasteiger partial charge in [-0.1, -0.05) is 78.9 Å². The van der Waals surface area contributed by atoms with Gasteiger partial charge in [0, 0.05) is 43.1 Å². The Kier molecular flexibility index (Phi) is 4.96. The molecule has 47 heavy (non-hydrogen) atoms. The lowest BCUT2D eigenvalue weighted by Crippen LogP contribution is -2.02. The van der Waals surface area contributed by atoms with E-state index >= 15 is 0 Å². The van der Waals surface area contributed by atoms with Crippen molar-refractivity contribution >= 4 is 75.0 Å². The minimum absolute atomic E-state index is 0.702. The fraction of sp³-hybridized carbons (Fsp3) is 0. The first-order valence-electron chi connectivity index (χ1n) is 15.8. The van der Waals surface area contributed by atoms with Crippen LogP contribution < -0.4 is 4.74 Å². The number of nitrogens with zero attached hydrogens (tertiary/aromatic N) is 3. The number of fused-ring (bicyclic) bond motifs is 12. The van der Waals surface area contributed by atoms with Crippen LogP contribution in [-0.4, -0.2) is 14.5 Å². The maximum Gasteiger partial charge on any atom is 0.160 e. The van der Waals surface area contributed by atoms with Gasteiger partial charge in [0.1, 0.15) is 11.5 Å². The van der Waals surface area contributed by atoms with Crippen molar-refractivity contribution in [3.05, 3.63) is 140 Å². The Balaban J connectivity index is 1.17. The normalized spacial score (nSPS) is 12.4. The van der Waals surface area contributed by atoms with E-state index in [2.05, 4.69) is 108 Å². The number of rotatable bonds is 2. The lowest BCUT2D eigenvalue weighted by Gasteiger charge is -2.20. The predicted molar refractivity (Wildman–Crippen MR) is 195 cm³/mol. The van der Waals surface area contributed by atoms with E-state index in [1.165, 1.54) is 52.8 Å². The molecule has 7 aromatic carbocycles. The molecule has 0 saturated carbocycles. The van der Waals surface area contributed by atoms with E-state index in [0.717, 1.165) is 44.9 Å². The van der Waals surface area contributed by atoms with Gasteiger partial charge in [-0.3, -0.25) is 0 Å². The number of hydrogen-bond acceptors (Lipinski definition) is 4. The molecular formula is C42H23N3OS. The molecule has 4 nitrogen and oxygen atoms in total. The Bertz CT molecular complexity index is 2940. The Hall–Kier alpha value is -6.04. The Labute approximate surface area is 272 Å². The lowest BCUT2D eigenvalue weighted by atomic mass is 9.99. The summed E-state index contributed by atoms with van der Waals surface area (Å²) in [7, 11) is 0. The van der Waals surface area contributed by atoms with Crippen molar-refractivity contribution in [1.29, 1.82) is 0 Å². The molecule has 1 aliphatic rings. The molecule has 0 spiro atoms. The molecule has 10 aromatic rings. The summed E-state index contributed by atoms with van der Waals surface area (Å²) in [6.45, 7) is 0. The maximum absolute atomic E-state index is 6.22. The second-order valence-corrected chi connectivity index (χ2v) is 13.2. The SMILES string of the molecule is c1ccc2c(c1)Oc1cccc3nc(-c4ccc(-n5c6ccccc6c6c7ccccc7c7c8ccccc8sc7c65)cc4)nc-2c13. The van der Waals surface area contributed by atoms with Crippen LogP contribution in [-0.2, 0) is 0 Å². The minimum Gasteiger partial charge on any atom is -0.456 e. The first-order chi connectivity index (χ1) is 23.3. The molecule has 4 heterocycles. The van der Waals surface area contributed by atoms with Gasteiger partial charge in [0.15, 0.2) is 5.82 Å². The largest absolute Gasteiger partial charge is 0.456 e. The van der Waals surface area contributed by atoms with E-state index in [1.54, 1.807) is 0 Å². The van der Waals surface area contributed by atoms with Crippen molar-refractivity contribution in [2.45, 2.75) is 0 Å². The molecule has 11 rings (SSSR count). The average Bonchev–Trinajstić information content (AvgIpc) is 3.69. The van der Waals surface area contributed by atoms with Gasteiger partial charge >= 0.3 is 0 Å². The highest BCUT2D eigenvalue weighted by Crippen LogP contribution is 2.48. The summed E-state index contributed by atoms with van der Waals surface area (Å²) in [4.78, 5) is 10.2. The number of para-hydroxylation sites is 2. The number of hydrogen-bond donors (Lipinski definition) is 0. The average molecular weight is 618 g/mol. The van der Waals surface area contributed by atoms with Crippen molar-refractivity contribution in [3.63, 3.8) is 0 Å². The Morgan fingerprint density at radius 1 is 0.532 bits per heavy atom. The fourth-order valence-electron chi connectivity index (χ4n) is 7.58. The van der Waals surface area contributed by atoms with Gasteiger partial charge in [-0.15, -0.1) is 11.3 Å². The van der Waals surface area contributed by atoms with Crippen LogP contribution in [0.1, 0.15) is 0 Å². The van der Waals surface area contributed by atoms with E-state index in [0.29, 0.717) is 5.82 Å². The summed E-state index contributed by atoms with van der Waals surface area (Å²) in [6, 6.07) is 49.3. The maximum atomic E-state index is 6.22. The highest BCUT2D eigenvalue weighted by Gasteiger charge is 2.24. The van der Waals surface area contributed by atoms with Crippen LogP contribution in [0, 0.1) is 0 Å². The summed E-state index contributed by atoms with van der Waals surface area (Å²) in [5.74, 6) is 2.32. The van der Waals surface area contributed by atoms with Gasteiger partial charge in [0.2, 0.25) is 0 Å². The third-order valence-corrected chi connectivity index (χ3v) is 10.8. The van der Waals surface area contributed by atoms with Gasteiger partial charge in [-0.05, 0) is 71.4 Å². The molecule has 0 unspecified atom stereocenters. The van der Waals surface area contributed by atoms with Crippen molar-refractivity contribution in [3.8, 4) is 39.8 Å². The molecule has 0 aliphatic carbocycles. The summed E-state index contributed by atoms with van der Waals surface area (Å²) in [5.41, 5.74) is 7.30. The minimum atomic E-state index is 0.702. The summed E-state index contributed by atoms with van der Waals surface area (Å²) in [5, 5.41) is 8.74. The van der Waals surface area contributed by atoms with E-state index < -0.39 is 0 Å². The molecule has 0 fully saturated rings. The molecule has 218 valence electrons. The molecule has 0 saturated heterocycles. The molecule has 3 aromatic heterocycles. The topological polar surface area (TPSA) is 39.9 Å². The van der Waals surface area contributed by atoms with Crippen LogP contribution >= 0.6 is 11.3 Å². The quantitative estimate of drug-likeness (QED) is 0.194. The second kappa shape index (κ2) is 9.25. The van der Waals surface area contributed by atoms with E-state index in [-0.39, 0.29) is 0 Å². The van der Waals surface area contributed by atoms with Crippen molar-refractivity contribution in [2.24, 2.45) is 0 Å². The fourth-order valence-corrected chi connectivity index (χ4v) is 8.84. The molecule has 0 radical (unpaired) electrons. The second-order valence-electron chi connectivity index (χ2n) is 12.1. The summed E-state index contributed by atoms with van der Waals surface area (Å²) in [6.07, 6.45) is 0. The van der Waals surface area contributed by atoms with Crippen LogP contribution in [0.2, 0.25) is 0 Å². The predicted octanol–water partition coefficient (Wildman–Crippen LogP) is 11.7. The van der Waals surface area contributed by atoms with Crippen LogP contribution in [0.25, 0.3) is 92.0 Å². The lowest BCUT2D eigenvalue weighted by molar-refractivity contribution is 0.486. The van der Waals surface area contributed by atoms with E-state index in [1.807, 2.05) is 47.7 Å². The van der Waals surface area contributed by atoms with Crippen LogP contribution in [0.5, 0.6) is 11.5 Å². The zero-order chi connectivity index (χ0) is 30.6. The smallest absolute Gasteiger partial charge is 0.160 e. The molecule has 0 bridgehead atoms. The van der Waals surface area contributed by atoms with Gasteiger partial charge in [0.25, 0.3) is 0 Å². The van der Waals surface area contributed by atoms with Crippen molar-refractivity contribution in [1.82, 2.24) is 14.5 Å². The van der Waals surface area contributed by atoms with Crippen molar-refractivity contribution < 1.29 is 4.74 Å². The van der Waals surface area contributed by atoms with Crippen LogP contribution in [0.3, 0.4) is 0 Å². The molecule has 0 atom stereocenters. The monoisotopic (exact) mass is 617 g/mol. The summed E-state index contributed by atoms with van der Waals surface area (Å²) < 4.78 is 11.3. The third-order valence-electron chi connectivity index (χ3n) is 9.58. The molecule has 0 amide bonds. The third kappa shape index (κ3) is 3.41. The number of thiophene rings is 1. The van der Waals surface area contributed by atoms with Crippen LogP contribution in [0.4, 0.5) is 0 Å². The van der Waals surface area contributed by atoms with Gasteiger partial charge in [0.05, 0.1) is 32.3 Å². The highest BCUT2D eigenvalue weighted by atomic mass is 32.1. The Morgan fingerprint density at radius 3 is 2.11 bits per heavy atom.